The van der Waals surface area contributed by atoms with E-state index in [-0.39, 0.29) is 35.5 Å². The van der Waals surface area contributed by atoms with E-state index < -0.39 is 0 Å². The molecule has 6 nitrogen and oxygen atoms in total. The number of halogens is 2. The normalized spacial score (nSPS) is 13.7. The van der Waals surface area contributed by atoms with Crippen LogP contribution in [0.25, 0.3) is 29.3 Å². The van der Waals surface area contributed by atoms with Crippen molar-refractivity contribution in [3.63, 3.8) is 0 Å². The topological polar surface area (TPSA) is 74.8 Å². The van der Waals surface area contributed by atoms with E-state index in [1.165, 1.54) is 355 Å². The van der Waals surface area contributed by atoms with E-state index in [2.05, 4.69) is 85.5 Å². The molecule has 0 aliphatic carbocycles. The van der Waals surface area contributed by atoms with Crippen LogP contribution in [0.5, 0.6) is 0 Å². The lowest BCUT2D eigenvalue weighted by atomic mass is 9.93. The number of hydrogen-bond donors (Lipinski definition) is 0. The van der Waals surface area contributed by atoms with E-state index in [1.807, 2.05) is 0 Å². The summed E-state index contributed by atoms with van der Waals surface area (Å²) in [5.74, 6) is -0.361. The summed E-state index contributed by atoms with van der Waals surface area (Å²) in [6, 6.07) is 4.60. The molecule has 0 saturated heterocycles. The third-order valence-electron chi connectivity index (χ3n) is 23.2. The predicted octanol–water partition coefficient (Wildman–Crippen LogP) is 33.5. The van der Waals surface area contributed by atoms with Gasteiger partial charge in [-0.1, -0.05) is 388 Å². The second kappa shape index (κ2) is 56.3. The Morgan fingerprint density at radius 1 is 0.260 bits per heavy atom. The number of nitrogens with zero attached hydrogens (tertiary/aromatic N) is 2. The van der Waals surface area contributed by atoms with Crippen LogP contribution in [0.15, 0.2) is 19.7 Å². The van der Waals surface area contributed by atoms with E-state index >= 15 is 19.2 Å². The summed E-state index contributed by atoms with van der Waals surface area (Å²) in [6.07, 6.45) is 77.4. The van der Waals surface area contributed by atoms with Crippen molar-refractivity contribution in [2.75, 3.05) is 13.1 Å². The summed E-state index contributed by atoms with van der Waals surface area (Å²) in [4.78, 5) is 72.1. The van der Waals surface area contributed by atoms with Gasteiger partial charge in [-0.15, -0.1) is 45.3 Å². The lowest BCUT2D eigenvalue weighted by molar-refractivity contribution is 0.0606. The Kier molecular flexibility index (Phi) is 49.2. The summed E-state index contributed by atoms with van der Waals surface area (Å²) >= 11 is 14.5. The largest absolute Gasteiger partial charge is 0.274 e. The number of unbranched alkanes of at least 4 members (excludes halogenated alkanes) is 50. The van der Waals surface area contributed by atoms with Crippen molar-refractivity contribution < 1.29 is 19.2 Å². The van der Waals surface area contributed by atoms with Gasteiger partial charge < -0.3 is 0 Å². The number of carbonyl (C=O) groups excluding carboxylic acids is 4. The van der Waals surface area contributed by atoms with Gasteiger partial charge in [-0.3, -0.25) is 29.0 Å². The van der Waals surface area contributed by atoms with Gasteiger partial charge in [0, 0.05) is 22.8 Å². The van der Waals surface area contributed by atoms with Gasteiger partial charge in [0.2, 0.25) is 0 Å². The van der Waals surface area contributed by atoms with E-state index in [9.17, 15) is 0 Å². The molecule has 6 rings (SSSR count). The number of fused-ring (bicyclic) bond motifs is 2. The zero-order chi connectivity index (χ0) is 74.2. The summed E-state index contributed by atoms with van der Waals surface area (Å²) in [5, 5.41) is 0. The molecule has 12 heteroatoms. The fourth-order valence-electron chi connectivity index (χ4n) is 16.5. The molecule has 6 heterocycles. The molecule has 0 saturated carbocycles. The number of rotatable bonds is 69. The van der Waals surface area contributed by atoms with Gasteiger partial charge in [0.25, 0.3) is 23.6 Å². The SMILES string of the molecule is CCCCCCCCCCCCc1cc(-c2sc(-c3sc(-c4cc(CCCCCCCCCCCC)c(Br)s4)c4c3C(=O)N(CC(CCCCCCCCCC)CCCCCCCCCCCC)C4=O)c3c2C(=O)N(CC(CCCCCCCCCC)CCCCCCCCCCCC)C3=O)sc1Br. The van der Waals surface area contributed by atoms with Crippen LogP contribution in [-0.2, 0) is 12.8 Å². The van der Waals surface area contributed by atoms with Gasteiger partial charge in [-0.05, 0) is 118 Å². The van der Waals surface area contributed by atoms with Crippen molar-refractivity contribution in [1.82, 2.24) is 9.80 Å². The van der Waals surface area contributed by atoms with Gasteiger partial charge in [0.15, 0.2) is 0 Å². The Morgan fingerprint density at radius 2 is 0.452 bits per heavy atom. The lowest BCUT2D eigenvalue weighted by Crippen LogP contribution is -2.35. The number of aryl methyl sites for hydroxylation is 2. The van der Waals surface area contributed by atoms with Gasteiger partial charge >= 0.3 is 0 Å². The van der Waals surface area contributed by atoms with Crippen LogP contribution in [0.1, 0.15) is 479 Å². The number of amides is 4. The molecule has 0 radical (unpaired) electrons. The van der Waals surface area contributed by atoms with Crippen molar-refractivity contribution in [2.45, 2.75) is 440 Å². The Hall–Kier alpha value is -1.96. The first-order chi connectivity index (χ1) is 51.0. The van der Waals surface area contributed by atoms with Gasteiger partial charge in [-0.2, -0.15) is 0 Å². The lowest BCUT2D eigenvalue weighted by Gasteiger charge is -2.23. The summed E-state index contributed by atoms with van der Waals surface area (Å²) < 4.78 is 2.18. The number of hydrogen-bond acceptors (Lipinski definition) is 8. The summed E-state index contributed by atoms with van der Waals surface area (Å²) in [6.45, 7) is 14.6. The Bertz CT molecular complexity index is 2760. The minimum Gasteiger partial charge on any atom is -0.274 e. The monoisotopic (exact) mass is 1630 g/mol. The summed E-state index contributed by atoms with van der Waals surface area (Å²) in [7, 11) is 0. The Balaban J connectivity index is 1.37. The number of carbonyl (C=O) groups is 4. The Labute approximate surface area is 671 Å². The smallest absolute Gasteiger partial charge is 0.263 e. The van der Waals surface area contributed by atoms with Gasteiger partial charge in [0.1, 0.15) is 0 Å². The quantitative estimate of drug-likeness (QED) is 0.0326. The number of imide groups is 2. The van der Waals surface area contributed by atoms with Crippen molar-refractivity contribution >= 4 is 101 Å². The second-order valence-electron chi connectivity index (χ2n) is 32.3. The standard InChI is InChI=1S/C92H150Br2N2O4S4/c1-7-13-19-25-31-37-41-47-53-59-65-73(63-57-51-45-35-29-23-17-11-5)71-95-89(97)79-81(91(95)99)85(103-83(79)77-69-75(87(93)101-77)67-61-55-49-43-39-33-27-21-15-9-3)86-82-80(84(104-86)78-70-76(88(94)102-78)68-62-56-50-44-40-34-28-22-16-10-4)90(98)96(92(82)100)72-74(64-58-52-46-36-30-24-18-12-6)66-60-54-48-42-38-32-26-20-14-8-2/h69-70,73-74H,7-68,71-72H2,1-6H3. The molecule has 0 bridgehead atoms. The first kappa shape index (κ1) is 90.9. The molecular formula is C92H150Br2N2O4S4. The molecule has 4 aromatic rings. The molecule has 2 atom stereocenters. The zero-order valence-electron chi connectivity index (χ0n) is 67.5. The maximum atomic E-state index is 16.0. The molecule has 590 valence electrons. The average molecular weight is 1640 g/mol. The molecule has 0 N–H and O–H groups in total. The molecule has 0 spiro atoms. The van der Waals surface area contributed by atoms with Crippen LogP contribution < -0.4 is 0 Å². The first-order valence-corrected chi connectivity index (χ1v) is 49.5. The van der Waals surface area contributed by atoms with Crippen LogP contribution in [-0.4, -0.2) is 46.5 Å². The van der Waals surface area contributed by atoms with Crippen LogP contribution in [0, 0.1) is 11.8 Å². The highest BCUT2D eigenvalue weighted by Gasteiger charge is 2.48. The van der Waals surface area contributed by atoms with Crippen LogP contribution in [0.2, 0.25) is 0 Å². The van der Waals surface area contributed by atoms with E-state index in [0.717, 1.165) is 104 Å². The Morgan fingerprint density at radius 3 is 0.673 bits per heavy atom. The van der Waals surface area contributed by atoms with Crippen LogP contribution in [0.4, 0.5) is 0 Å². The molecule has 2 unspecified atom stereocenters. The van der Waals surface area contributed by atoms with Gasteiger partial charge in [-0.25, -0.2) is 0 Å². The first-order valence-electron chi connectivity index (χ1n) is 44.7. The van der Waals surface area contributed by atoms with E-state index in [4.69, 9.17) is 0 Å². The fourth-order valence-corrected chi connectivity index (χ4v) is 23.0. The highest BCUT2D eigenvalue weighted by atomic mass is 79.9. The zero-order valence-corrected chi connectivity index (χ0v) is 73.9. The molecule has 2 aliphatic heterocycles. The maximum absolute atomic E-state index is 16.0. The number of thiophene rings is 4. The minimum absolute atomic E-state index is 0.181. The van der Waals surface area contributed by atoms with Crippen molar-refractivity contribution in [1.29, 1.82) is 0 Å². The minimum atomic E-state index is -0.218. The molecule has 4 aromatic heterocycles. The molecule has 4 amide bonds. The highest BCUT2D eigenvalue weighted by molar-refractivity contribution is 9.11. The predicted molar refractivity (Wildman–Crippen MR) is 466 cm³/mol. The van der Waals surface area contributed by atoms with Crippen LogP contribution in [0.3, 0.4) is 0 Å². The fraction of sp³-hybridized carbons (Fsp3) is 0.783. The molecule has 0 aromatic carbocycles. The highest BCUT2D eigenvalue weighted by Crippen LogP contribution is 2.56. The summed E-state index contributed by atoms with van der Waals surface area (Å²) in [5.41, 5.74) is 4.45. The molecule has 2 aliphatic rings. The second-order valence-corrected chi connectivity index (χ2v) is 39.1. The van der Waals surface area contributed by atoms with E-state index in [0.29, 0.717) is 45.1 Å². The molecular weight excluding hydrogens is 1490 g/mol. The molecule has 104 heavy (non-hydrogen) atoms. The molecule has 0 fully saturated rings. The van der Waals surface area contributed by atoms with Crippen LogP contribution >= 0.6 is 77.2 Å². The van der Waals surface area contributed by atoms with E-state index in [1.54, 1.807) is 32.5 Å². The van der Waals surface area contributed by atoms with Crippen molar-refractivity contribution in [2.24, 2.45) is 11.8 Å². The average Bonchev–Trinajstić information content (AvgIpc) is 1.55. The van der Waals surface area contributed by atoms with Crippen molar-refractivity contribution in [3.8, 4) is 29.3 Å². The van der Waals surface area contributed by atoms with Gasteiger partial charge in [0.05, 0.1) is 49.3 Å². The third-order valence-corrected chi connectivity index (χ3v) is 30.0. The maximum Gasteiger partial charge on any atom is 0.263 e. The third kappa shape index (κ3) is 32.4. The van der Waals surface area contributed by atoms with Crippen molar-refractivity contribution in [3.05, 3.63) is 53.1 Å².